The Balaban J connectivity index is 2.69. The molecule has 1 aromatic rings. The van der Waals surface area contributed by atoms with Crippen LogP contribution in [0.2, 0.25) is 0 Å². The number of aromatic nitrogens is 1. The van der Waals surface area contributed by atoms with Gasteiger partial charge in [0.15, 0.2) is 0 Å². The van der Waals surface area contributed by atoms with E-state index < -0.39 is 10.2 Å². The van der Waals surface area contributed by atoms with Crippen molar-refractivity contribution in [3.8, 4) is 0 Å². The van der Waals surface area contributed by atoms with Crippen molar-refractivity contribution in [2.24, 2.45) is 0 Å². The van der Waals surface area contributed by atoms with Gasteiger partial charge in [0.25, 0.3) is 10.2 Å². The van der Waals surface area contributed by atoms with Gasteiger partial charge in [0, 0.05) is 17.2 Å². The maximum absolute atomic E-state index is 11.4. The van der Waals surface area contributed by atoms with Gasteiger partial charge in [-0.05, 0) is 18.6 Å². The Hall–Kier alpha value is -0.660. The second-order valence-electron chi connectivity index (χ2n) is 2.86. The van der Waals surface area contributed by atoms with Gasteiger partial charge in [-0.25, -0.2) is 4.98 Å². The maximum Gasteiger partial charge on any atom is 0.300 e. The highest BCUT2D eigenvalue weighted by Crippen LogP contribution is 2.13. The minimum absolute atomic E-state index is 0.285. The van der Waals surface area contributed by atoms with Crippen LogP contribution >= 0.6 is 15.9 Å². The highest BCUT2D eigenvalue weighted by atomic mass is 79.9. The van der Waals surface area contributed by atoms with Gasteiger partial charge in [-0.1, -0.05) is 22.9 Å². The average Bonchev–Trinajstić information content (AvgIpc) is 2.14. The van der Waals surface area contributed by atoms with Crippen LogP contribution in [0.25, 0.3) is 0 Å². The molecule has 0 radical (unpaired) electrons. The minimum Gasteiger partial charge on any atom is -0.255 e. The Morgan fingerprint density at radius 3 is 2.87 bits per heavy atom. The van der Waals surface area contributed by atoms with Crippen molar-refractivity contribution in [1.29, 1.82) is 0 Å². The largest absolute Gasteiger partial charge is 0.300 e. The van der Waals surface area contributed by atoms with Gasteiger partial charge in [-0.15, -0.1) is 0 Å². The molecule has 15 heavy (non-hydrogen) atoms. The molecular formula is C8H12BrN3O2S. The third-order valence-corrected chi connectivity index (χ3v) is 3.06. The number of nitrogens with one attached hydrogen (secondary N) is 2. The van der Waals surface area contributed by atoms with Crippen LogP contribution < -0.4 is 9.44 Å². The van der Waals surface area contributed by atoms with E-state index >= 15 is 0 Å². The SMILES string of the molecule is CCCNS(=O)(=O)Nc1cc(Br)ccn1. The summed E-state index contributed by atoms with van der Waals surface area (Å²) in [7, 11) is -3.50. The second kappa shape index (κ2) is 5.43. The maximum atomic E-state index is 11.4. The zero-order valence-corrected chi connectivity index (χ0v) is 10.6. The summed E-state index contributed by atoms with van der Waals surface area (Å²) in [5, 5.41) is 0. The van der Waals surface area contributed by atoms with E-state index in [4.69, 9.17) is 0 Å². The number of halogens is 1. The molecule has 1 aromatic heterocycles. The highest BCUT2D eigenvalue weighted by molar-refractivity contribution is 9.10. The monoisotopic (exact) mass is 293 g/mol. The first-order valence-electron chi connectivity index (χ1n) is 4.42. The van der Waals surface area contributed by atoms with Gasteiger partial charge in [0.05, 0.1) is 0 Å². The lowest BCUT2D eigenvalue weighted by atomic mass is 10.5. The molecule has 0 aromatic carbocycles. The predicted molar refractivity (Wildman–Crippen MR) is 62.8 cm³/mol. The van der Waals surface area contributed by atoms with Crippen LogP contribution in [0.3, 0.4) is 0 Å². The Labute approximate surface area is 97.6 Å². The van der Waals surface area contributed by atoms with Gasteiger partial charge >= 0.3 is 0 Å². The average molecular weight is 294 g/mol. The summed E-state index contributed by atoms with van der Waals surface area (Å²) in [5.41, 5.74) is 0. The smallest absolute Gasteiger partial charge is 0.255 e. The molecule has 0 atom stereocenters. The zero-order valence-electron chi connectivity index (χ0n) is 8.20. The molecule has 5 nitrogen and oxygen atoms in total. The molecule has 0 fully saturated rings. The normalized spacial score (nSPS) is 11.3. The van der Waals surface area contributed by atoms with Crippen LogP contribution in [0.15, 0.2) is 22.8 Å². The topological polar surface area (TPSA) is 71.1 Å². The van der Waals surface area contributed by atoms with E-state index in [0.29, 0.717) is 6.54 Å². The first kappa shape index (κ1) is 12.4. The molecule has 7 heteroatoms. The zero-order chi connectivity index (χ0) is 11.3. The fourth-order valence-electron chi connectivity index (χ4n) is 0.871. The summed E-state index contributed by atoms with van der Waals surface area (Å²) in [6.07, 6.45) is 2.26. The van der Waals surface area contributed by atoms with E-state index in [2.05, 4.69) is 30.4 Å². The predicted octanol–water partition coefficient (Wildman–Crippen LogP) is 1.50. The molecule has 0 aliphatic carbocycles. The number of anilines is 1. The van der Waals surface area contributed by atoms with E-state index in [-0.39, 0.29) is 5.82 Å². The van der Waals surface area contributed by atoms with E-state index in [1.165, 1.54) is 6.20 Å². The molecule has 0 saturated carbocycles. The lowest BCUT2D eigenvalue weighted by Crippen LogP contribution is -2.30. The minimum atomic E-state index is -3.50. The van der Waals surface area contributed by atoms with E-state index in [1.54, 1.807) is 12.1 Å². The van der Waals surface area contributed by atoms with Gasteiger partial charge in [-0.3, -0.25) is 4.72 Å². The molecule has 1 heterocycles. The molecule has 2 N–H and O–H groups in total. The van der Waals surface area contributed by atoms with Gasteiger partial charge < -0.3 is 0 Å². The van der Waals surface area contributed by atoms with Crippen LogP contribution in [0.4, 0.5) is 5.82 Å². The van der Waals surface area contributed by atoms with Crippen LogP contribution in [0, 0.1) is 0 Å². The molecule has 0 amide bonds. The number of nitrogens with zero attached hydrogens (tertiary/aromatic N) is 1. The number of hydrogen-bond donors (Lipinski definition) is 2. The lowest BCUT2D eigenvalue weighted by Gasteiger charge is -2.07. The highest BCUT2D eigenvalue weighted by Gasteiger charge is 2.08. The van der Waals surface area contributed by atoms with Crippen LogP contribution in [0.1, 0.15) is 13.3 Å². The molecule has 0 aliphatic rings. The molecule has 0 bridgehead atoms. The van der Waals surface area contributed by atoms with Crippen LogP contribution in [-0.4, -0.2) is 19.9 Å². The van der Waals surface area contributed by atoms with Crippen LogP contribution in [0.5, 0.6) is 0 Å². The molecule has 0 unspecified atom stereocenters. The molecule has 0 saturated heterocycles. The number of hydrogen-bond acceptors (Lipinski definition) is 3. The molecule has 84 valence electrons. The van der Waals surface area contributed by atoms with Crippen molar-refractivity contribution in [3.05, 3.63) is 22.8 Å². The van der Waals surface area contributed by atoms with E-state index in [9.17, 15) is 8.42 Å². The van der Waals surface area contributed by atoms with Crippen molar-refractivity contribution in [3.63, 3.8) is 0 Å². The fourth-order valence-corrected chi connectivity index (χ4v) is 2.14. The summed E-state index contributed by atoms with van der Waals surface area (Å²) in [5.74, 6) is 0.285. The number of rotatable bonds is 5. The van der Waals surface area contributed by atoms with E-state index in [0.717, 1.165) is 10.9 Å². The number of pyridine rings is 1. The summed E-state index contributed by atoms with van der Waals surface area (Å²) in [6, 6.07) is 3.31. The molecular weight excluding hydrogens is 282 g/mol. The summed E-state index contributed by atoms with van der Waals surface area (Å²) < 4.78 is 28.3. The van der Waals surface area contributed by atoms with Gasteiger partial charge in [0.2, 0.25) is 0 Å². The van der Waals surface area contributed by atoms with Gasteiger partial charge in [0.1, 0.15) is 5.82 Å². The Morgan fingerprint density at radius 2 is 2.27 bits per heavy atom. The van der Waals surface area contributed by atoms with Crippen molar-refractivity contribution in [2.45, 2.75) is 13.3 Å². The van der Waals surface area contributed by atoms with Gasteiger partial charge in [-0.2, -0.15) is 13.1 Å². The first-order valence-corrected chi connectivity index (χ1v) is 6.70. The molecule has 0 aliphatic heterocycles. The Kier molecular flexibility index (Phi) is 4.49. The second-order valence-corrected chi connectivity index (χ2v) is 5.27. The molecule has 0 spiro atoms. The fraction of sp³-hybridized carbons (Fsp3) is 0.375. The lowest BCUT2D eigenvalue weighted by molar-refractivity contribution is 0.586. The first-order chi connectivity index (χ1) is 7.03. The van der Waals surface area contributed by atoms with E-state index in [1.807, 2.05) is 6.92 Å². The quantitative estimate of drug-likeness (QED) is 0.864. The van der Waals surface area contributed by atoms with Crippen molar-refractivity contribution >= 4 is 32.0 Å². The summed E-state index contributed by atoms with van der Waals surface area (Å²) in [6.45, 7) is 2.29. The third kappa shape index (κ3) is 4.59. The summed E-state index contributed by atoms with van der Waals surface area (Å²) in [4.78, 5) is 3.87. The Bertz CT molecular complexity index is 422. The van der Waals surface area contributed by atoms with Crippen molar-refractivity contribution in [2.75, 3.05) is 11.3 Å². The Morgan fingerprint density at radius 1 is 1.53 bits per heavy atom. The standard InChI is InChI=1S/C8H12BrN3O2S/c1-2-4-11-15(13,14)12-8-6-7(9)3-5-10-8/h3,5-6,11H,2,4H2,1H3,(H,10,12). The van der Waals surface area contributed by atoms with Crippen molar-refractivity contribution in [1.82, 2.24) is 9.71 Å². The van der Waals surface area contributed by atoms with Crippen LogP contribution in [-0.2, 0) is 10.2 Å². The molecule has 1 rings (SSSR count). The summed E-state index contributed by atoms with van der Waals surface area (Å²) >= 11 is 3.23. The van der Waals surface area contributed by atoms with Crippen molar-refractivity contribution < 1.29 is 8.42 Å². The third-order valence-electron chi connectivity index (χ3n) is 1.50.